The van der Waals surface area contributed by atoms with Gasteiger partial charge in [-0.05, 0) is 55.3 Å². The lowest BCUT2D eigenvalue weighted by Crippen LogP contribution is -2.13. The molecule has 1 heterocycles. The highest BCUT2D eigenvalue weighted by Crippen LogP contribution is 2.15. The minimum atomic E-state index is -0.315. The molecule has 0 saturated heterocycles. The van der Waals surface area contributed by atoms with Crippen molar-refractivity contribution in [3.05, 3.63) is 83.8 Å². The Balaban J connectivity index is 1.49. The van der Waals surface area contributed by atoms with Gasteiger partial charge in [-0.15, -0.1) is 0 Å². The summed E-state index contributed by atoms with van der Waals surface area (Å²) in [7, 11) is 0. The Morgan fingerprint density at radius 2 is 1.54 bits per heavy atom. The number of carbonyl (C=O) groups excluding carboxylic acids is 2. The van der Waals surface area contributed by atoms with Crippen LogP contribution in [0.2, 0.25) is 0 Å². The fourth-order valence-corrected chi connectivity index (χ4v) is 2.47. The van der Waals surface area contributed by atoms with E-state index >= 15 is 0 Å². The first-order valence-electron chi connectivity index (χ1n) is 8.40. The van der Waals surface area contributed by atoms with Gasteiger partial charge in [-0.25, -0.2) is 0 Å². The van der Waals surface area contributed by atoms with Crippen LogP contribution in [0.3, 0.4) is 0 Å². The maximum Gasteiger partial charge on any atom is 0.291 e. The molecule has 0 aliphatic rings. The van der Waals surface area contributed by atoms with Crippen LogP contribution in [0.25, 0.3) is 0 Å². The molecule has 0 bridgehead atoms. The summed E-state index contributed by atoms with van der Waals surface area (Å²) in [6.45, 7) is 2.04. The number of nitrogens with one attached hydrogen (secondary N) is 2. The van der Waals surface area contributed by atoms with Gasteiger partial charge in [0.2, 0.25) is 5.91 Å². The number of amides is 2. The first-order chi connectivity index (χ1) is 12.6. The second kappa shape index (κ2) is 8.16. The van der Waals surface area contributed by atoms with E-state index in [4.69, 9.17) is 4.42 Å². The smallest absolute Gasteiger partial charge is 0.291 e. The first kappa shape index (κ1) is 17.5. The summed E-state index contributed by atoms with van der Waals surface area (Å²) in [5.74, 6) is -0.110. The summed E-state index contributed by atoms with van der Waals surface area (Å²) >= 11 is 0. The van der Waals surface area contributed by atoms with Gasteiger partial charge in [0.1, 0.15) is 0 Å². The Kier molecular flexibility index (Phi) is 5.49. The molecule has 0 spiro atoms. The van der Waals surface area contributed by atoms with E-state index in [1.165, 1.54) is 11.8 Å². The van der Waals surface area contributed by atoms with Crippen LogP contribution in [0.15, 0.2) is 71.3 Å². The normalized spacial score (nSPS) is 10.3. The lowest BCUT2D eigenvalue weighted by Gasteiger charge is -2.07. The summed E-state index contributed by atoms with van der Waals surface area (Å²) in [6, 6.07) is 18.4. The predicted molar refractivity (Wildman–Crippen MR) is 101 cm³/mol. The standard InChI is InChI=1S/C21H20N2O3/c1-15-4-6-16(7-5-15)8-13-20(24)22-17-9-11-18(12-10-17)23-21(25)19-3-2-14-26-19/h2-7,9-12,14H,8,13H2,1H3,(H,22,24)(H,23,25). The topological polar surface area (TPSA) is 71.3 Å². The number of benzene rings is 2. The molecule has 0 fully saturated rings. The molecule has 2 N–H and O–H groups in total. The fourth-order valence-electron chi connectivity index (χ4n) is 2.47. The lowest BCUT2D eigenvalue weighted by molar-refractivity contribution is -0.116. The van der Waals surface area contributed by atoms with E-state index in [-0.39, 0.29) is 17.6 Å². The predicted octanol–water partition coefficient (Wildman–Crippen LogP) is 4.41. The van der Waals surface area contributed by atoms with Gasteiger partial charge in [-0.1, -0.05) is 29.8 Å². The number of anilines is 2. The van der Waals surface area contributed by atoms with Gasteiger partial charge in [-0.3, -0.25) is 9.59 Å². The molecule has 0 radical (unpaired) electrons. The molecule has 5 heteroatoms. The van der Waals surface area contributed by atoms with Crippen molar-refractivity contribution in [2.24, 2.45) is 0 Å². The number of hydrogen-bond donors (Lipinski definition) is 2. The molecule has 2 amide bonds. The third-order valence-electron chi connectivity index (χ3n) is 3.93. The van der Waals surface area contributed by atoms with Crippen molar-refractivity contribution in [2.45, 2.75) is 19.8 Å². The van der Waals surface area contributed by atoms with Crippen LogP contribution in [0, 0.1) is 6.92 Å². The van der Waals surface area contributed by atoms with E-state index in [0.29, 0.717) is 24.2 Å². The third kappa shape index (κ3) is 4.83. The molecule has 3 aromatic rings. The van der Waals surface area contributed by atoms with E-state index in [9.17, 15) is 9.59 Å². The summed E-state index contributed by atoms with van der Waals surface area (Å²) in [6.07, 6.45) is 2.56. The third-order valence-corrected chi connectivity index (χ3v) is 3.93. The average molecular weight is 348 g/mol. The minimum Gasteiger partial charge on any atom is -0.459 e. The van der Waals surface area contributed by atoms with Crippen LogP contribution in [-0.4, -0.2) is 11.8 Å². The average Bonchev–Trinajstić information content (AvgIpc) is 3.18. The number of furan rings is 1. The number of carbonyl (C=O) groups is 2. The summed E-state index contributed by atoms with van der Waals surface area (Å²) in [5.41, 5.74) is 3.66. The lowest BCUT2D eigenvalue weighted by atomic mass is 10.1. The van der Waals surface area contributed by atoms with Crippen molar-refractivity contribution in [3.8, 4) is 0 Å². The Morgan fingerprint density at radius 3 is 2.15 bits per heavy atom. The van der Waals surface area contributed by atoms with E-state index < -0.39 is 0 Å². The van der Waals surface area contributed by atoms with E-state index in [0.717, 1.165) is 5.56 Å². The van der Waals surface area contributed by atoms with Crippen LogP contribution in [-0.2, 0) is 11.2 Å². The van der Waals surface area contributed by atoms with Gasteiger partial charge in [0.15, 0.2) is 5.76 Å². The highest BCUT2D eigenvalue weighted by molar-refractivity contribution is 6.02. The molecule has 26 heavy (non-hydrogen) atoms. The Bertz CT molecular complexity index is 867. The zero-order chi connectivity index (χ0) is 18.4. The zero-order valence-corrected chi connectivity index (χ0v) is 14.5. The van der Waals surface area contributed by atoms with Crippen molar-refractivity contribution in [3.63, 3.8) is 0 Å². The van der Waals surface area contributed by atoms with Crippen molar-refractivity contribution >= 4 is 23.2 Å². The molecule has 3 rings (SSSR count). The molecule has 0 aliphatic carbocycles. The monoisotopic (exact) mass is 348 g/mol. The molecule has 0 saturated carbocycles. The van der Waals surface area contributed by atoms with Crippen LogP contribution in [0.5, 0.6) is 0 Å². The Morgan fingerprint density at radius 1 is 0.885 bits per heavy atom. The van der Waals surface area contributed by atoms with Crippen molar-refractivity contribution < 1.29 is 14.0 Å². The number of aryl methyl sites for hydroxylation is 2. The van der Waals surface area contributed by atoms with Crippen LogP contribution < -0.4 is 10.6 Å². The fraction of sp³-hybridized carbons (Fsp3) is 0.143. The highest BCUT2D eigenvalue weighted by atomic mass is 16.3. The molecule has 0 atom stereocenters. The van der Waals surface area contributed by atoms with Gasteiger partial charge in [0.05, 0.1) is 6.26 Å². The van der Waals surface area contributed by atoms with E-state index in [1.807, 2.05) is 31.2 Å². The second-order valence-corrected chi connectivity index (χ2v) is 6.04. The van der Waals surface area contributed by atoms with Gasteiger partial charge >= 0.3 is 0 Å². The maximum absolute atomic E-state index is 12.1. The summed E-state index contributed by atoms with van der Waals surface area (Å²) in [5, 5.41) is 5.59. The first-order valence-corrected chi connectivity index (χ1v) is 8.40. The highest BCUT2D eigenvalue weighted by Gasteiger charge is 2.09. The SMILES string of the molecule is Cc1ccc(CCC(=O)Nc2ccc(NC(=O)c3ccco3)cc2)cc1. The number of hydrogen-bond acceptors (Lipinski definition) is 3. The van der Waals surface area contributed by atoms with Gasteiger partial charge in [0, 0.05) is 17.8 Å². The van der Waals surface area contributed by atoms with Crippen LogP contribution >= 0.6 is 0 Å². The summed E-state index contributed by atoms with van der Waals surface area (Å²) in [4.78, 5) is 24.0. The van der Waals surface area contributed by atoms with Gasteiger partial charge < -0.3 is 15.1 Å². The van der Waals surface area contributed by atoms with Crippen molar-refractivity contribution in [1.82, 2.24) is 0 Å². The van der Waals surface area contributed by atoms with Crippen LogP contribution in [0.4, 0.5) is 11.4 Å². The Hall–Kier alpha value is -3.34. The van der Waals surface area contributed by atoms with Crippen molar-refractivity contribution in [2.75, 3.05) is 10.6 Å². The molecule has 0 unspecified atom stereocenters. The molecule has 5 nitrogen and oxygen atoms in total. The molecule has 2 aromatic carbocycles. The Labute approximate surface area is 152 Å². The quantitative estimate of drug-likeness (QED) is 0.693. The van der Waals surface area contributed by atoms with Gasteiger partial charge in [0.25, 0.3) is 5.91 Å². The molecular weight excluding hydrogens is 328 g/mol. The van der Waals surface area contributed by atoms with Crippen molar-refractivity contribution in [1.29, 1.82) is 0 Å². The van der Waals surface area contributed by atoms with Crippen LogP contribution in [0.1, 0.15) is 28.1 Å². The van der Waals surface area contributed by atoms with E-state index in [1.54, 1.807) is 36.4 Å². The molecule has 0 aliphatic heterocycles. The summed E-state index contributed by atoms with van der Waals surface area (Å²) < 4.78 is 5.04. The largest absolute Gasteiger partial charge is 0.459 e. The molecular formula is C21H20N2O3. The van der Waals surface area contributed by atoms with E-state index in [2.05, 4.69) is 10.6 Å². The molecule has 1 aromatic heterocycles. The molecule has 132 valence electrons. The zero-order valence-electron chi connectivity index (χ0n) is 14.5. The number of rotatable bonds is 6. The minimum absolute atomic E-state index is 0.0436. The van der Waals surface area contributed by atoms with Gasteiger partial charge in [-0.2, -0.15) is 0 Å². The second-order valence-electron chi connectivity index (χ2n) is 6.04. The maximum atomic E-state index is 12.1.